The van der Waals surface area contributed by atoms with E-state index in [0.29, 0.717) is 17.1 Å². The molecule has 0 bridgehead atoms. The van der Waals surface area contributed by atoms with Gasteiger partial charge in [0.1, 0.15) is 5.94 Å². The van der Waals surface area contributed by atoms with Crippen molar-refractivity contribution < 1.29 is 9.15 Å². The summed E-state index contributed by atoms with van der Waals surface area (Å²) in [4.78, 5) is 0. The van der Waals surface area contributed by atoms with Crippen molar-refractivity contribution in [2.45, 2.75) is 12.1 Å². The molecule has 1 rings (SSSR count). The summed E-state index contributed by atoms with van der Waals surface area (Å²) in [7, 11) is 1.62. The number of hydrogen-bond acceptors (Lipinski definition) is 5. The first-order chi connectivity index (χ1) is 4.83. The van der Waals surface area contributed by atoms with Gasteiger partial charge in [-0.2, -0.15) is 0 Å². The molecule has 0 aliphatic carbocycles. The van der Waals surface area contributed by atoms with Gasteiger partial charge in [-0.05, 0) is 11.8 Å². The maximum absolute atomic E-state index is 5.05. The van der Waals surface area contributed by atoms with E-state index in [4.69, 9.17) is 9.15 Å². The Bertz CT molecular complexity index is 201. The average Bonchev–Trinajstić information content (AvgIpc) is 2.31. The Morgan fingerprint density at radius 2 is 2.40 bits per heavy atom. The number of ether oxygens (including phenoxy) is 1. The van der Waals surface area contributed by atoms with E-state index in [1.54, 1.807) is 14.0 Å². The minimum Gasteiger partial charge on any atom is -0.416 e. The number of hydrogen-bond donors (Lipinski definition) is 0. The third-order valence-electron chi connectivity index (χ3n) is 0.808. The summed E-state index contributed by atoms with van der Waals surface area (Å²) in [5, 5.41) is 7.95. The van der Waals surface area contributed by atoms with Crippen LogP contribution in [0, 0.1) is 6.92 Å². The summed E-state index contributed by atoms with van der Waals surface area (Å²) in [6.45, 7) is 1.75. The van der Waals surface area contributed by atoms with Crippen LogP contribution in [0.1, 0.15) is 5.89 Å². The van der Waals surface area contributed by atoms with Crippen LogP contribution in [0.4, 0.5) is 0 Å². The molecule has 1 aromatic rings. The highest BCUT2D eigenvalue weighted by molar-refractivity contribution is 7.98. The predicted octanol–water partition coefficient (Wildman–Crippen LogP) is 1.07. The lowest BCUT2D eigenvalue weighted by Gasteiger charge is -1.89. The molecule has 4 nitrogen and oxygen atoms in total. The lowest BCUT2D eigenvalue weighted by atomic mass is 10.8. The average molecular weight is 160 g/mol. The first-order valence-corrected chi connectivity index (χ1v) is 3.73. The molecule has 0 aliphatic heterocycles. The number of thioether (sulfide) groups is 1. The Balaban J connectivity index is 2.42. The zero-order chi connectivity index (χ0) is 7.40. The fourth-order valence-electron chi connectivity index (χ4n) is 0.446. The highest BCUT2D eigenvalue weighted by atomic mass is 32.2. The molecule has 0 unspecified atom stereocenters. The van der Waals surface area contributed by atoms with E-state index in [-0.39, 0.29) is 0 Å². The third kappa shape index (κ3) is 2.00. The van der Waals surface area contributed by atoms with Gasteiger partial charge in [0.05, 0.1) is 0 Å². The molecule has 0 aliphatic rings. The van der Waals surface area contributed by atoms with E-state index in [1.165, 1.54) is 11.8 Å². The molecule has 0 saturated carbocycles. The van der Waals surface area contributed by atoms with Gasteiger partial charge in [0, 0.05) is 14.0 Å². The molecular weight excluding hydrogens is 152 g/mol. The molecule has 0 spiro atoms. The molecule has 0 saturated heterocycles. The second-order valence-corrected chi connectivity index (χ2v) is 2.51. The molecule has 10 heavy (non-hydrogen) atoms. The Morgan fingerprint density at radius 3 is 2.90 bits per heavy atom. The fourth-order valence-corrected chi connectivity index (χ4v) is 0.943. The molecule has 1 aromatic heterocycles. The van der Waals surface area contributed by atoms with Crippen molar-refractivity contribution >= 4 is 11.8 Å². The molecule has 1 heterocycles. The van der Waals surface area contributed by atoms with Gasteiger partial charge in [0.2, 0.25) is 5.89 Å². The number of aryl methyl sites for hydroxylation is 1. The van der Waals surface area contributed by atoms with Crippen molar-refractivity contribution in [3.63, 3.8) is 0 Å². The Hall–Kier alpha value is -0.550. The van der Waals surface area contributed by atoms with Crippen LogP contribution in [0.25, 0.3) is 0 Å². The van der Waals surface area contributed by atoms with Gasteiger partial charge in [-0.15, -0.1) is 10.2 Å². The number of rotatable bonds is 3. The predicted molar refractivity (Wildman–Crippen MR) is 36.8 cm³/mol. The highest BCUT2D eigenvalue weighted by Gasteiger charge is 2.00. The second-order valence-electron chi connectivity index (χ2n) is 1.64. The minimum atomic E-state index is 0.543. The van der Waals surface area contributed by atoms with Crippen molar-refractivity contribution in [2.24, 2.45) is 0 Å². The number of methoxy groups -OCH3 is 1. The monoisotopic (exact) mass is 160 g/mol. The van der Waals surface area contributed by atoms with E-state index in [9.17, 15) is 0 Å². The summed E-state index contributed by atoms with van der Waals surface area (Å²) in [5.74, 6) is 1.13. The fraction of sp³-hybridized carbons (Fsp3) is 0.600. The molecule has 0 radical (unpaired) electrons. The van der Waals surface area contributed by atoms with Gasteiger partial charge in [0.25, 0.3) is 5.22 Å². The van der Waals surface area contributed by atoms with Crippen molar-refractivity contribution in [3.05, 3.63) is 5.89 Å². The third-order valence-corrected chi connectivity index (χ3v) is 1.57. The summed E-state index contributed by atoms with van der Waals surface area (Å²) in [5.41, 5.74) is 0. The van der Waals surface area contributed by atoms with Gasteiger partial charge in [0.15, 0.2) is 0 Å². The lowest BCUT2D eigenvalue weighted by Crippen LogP contribution is -1.80. The van der Waals surface area contributed by atoms with Crippen molar-refractivity contribution in [1.82, 2.24) is 10.2 Å². The SMILES string of the molecule is COCSc1nnc(C)o1. The lowest BCUT2D eigenvalue weighted by molar-refractivity contribution is 0.257. The largest absolute Gasteiger partial charge is 0.416 e. The van der Waals surface area contributed by atoms with Crippen LogP contribution in [-0.2, 0) is 4.74 Å². The van der Waals surface area contributed by atoms with E-state index < -0.39 is 0 Å². The summed E-state index contributed by atoms with van der Waals surface area (Å²) in [6, 6.07) is 0. The minimum absolute atomic E-state index is 0.543. The summed E-state index contributed by atoms with van der Waals surface area (Å²) >= 11 is 1.38. The van der Waals surface area contributed by atoms with Gasteiger partial charge >= 0.3 is 0 Å². The maximum atomic E-state index is 5.05. The zero-order valence-electron chi connectivity index (χ0n) is 5.83. The van der Waals surface area contributed by atoms with E-state index >= 15 is 0 Å². The molecule has 0 atom stereocenters. The van der Waals surface area contributed by atoms with Crippen molar-refractivity contribution in [2.75, 3.05) is 13.0 Å². The van der Waals surface area contributed by atoms with Gasteiger partial charge < -0.3 is 9.15 Å². The Kier molecular flexibility index (Phi) is 2.70. The number of aromatic nitrogens is 2. The van der Waals surface area contributed by atoms with E-state index in [2.05, 4.69) is 10.2 Å². The smallest absolute Gasteiger partial charge is 0.278 e. The highest BCUT2D eigenvalue weighted by Crippen LogP contribution is 2.14. The number of nitrogens with zero attached hydrogens (tertiary/aromatic N) is 2. The topological polar surface area (TPSA) is 48.2 Å². The van der Waals surface area contributed by atoms with Crippen LogP contribution in [0.5, 0.6) is 0 Å². The van der Waals surface area contributed by atoms with Crippen molar-refractivity contribution in [3.8, 4) is 0 Å². The normalized spacial score (nSPS) is 10.2. The molecule has 0 amide bonds. The van der Waals surface area contributed by atoms with Gasteiger partial charge in [-0.1, -0.05) is 0 Å². The van der Waals surface area contributed by atoms with E-state index in [0.717, 1.165) is 0 Å². The first kappa shape index (κ1) is 7.56. The molecule has 5 heteroatoms. The van der Waals surface area contributed by atoms with Crippen LogP contribution in [-0.4, -0.2) is 23.2 Å². The molecule has 0 N–H and O–H groups in total. The van der Waals surface area contributed by atoms with Crippen LogP contribution in [0.3, 0.4) is 0 Å². The Morgan fingerprint density at radius 1 is 1.60 bits per heavy atom. The molecular formula is C5H8N2O2S. The van der Waals surface area contributed by atoms with Gasteiger partial charge in [-0.25, -0.2) is 0 Å². The first-order valence-electron chi connectivity index (χ1n) is 2.75. The quantitative estimate of drug-likeness (QED) is 0.489. The van der Waals surface area contributed by atoms with Gasteiger partial charge in [-0.3, -0.25) is 0 Å². The standard InChI is InChI=1S/C5H8N2O2S/c1-4-6-7-5(9-4)10-3-8-2/h3H2,1-2H3. The van der Waals surface area contributed by atoms with Crippen LogP contribution >= 0.6 is 11.8 Å². The second kappa shape index (κ2) is 3.58. The summed E-state index contributed by atoms with van der Waals surface area (Å²) < 4.78 is 9.84. The maximum Gasteiger partial charge on any atom is 0.278 e. The van der Waals surface area contributed by atoms with Crippen molar-refractivity contribution in [1.29, 1.82) is 0 Å². The zero-order valence-corrected chi connectivity index (χ0v) is 6.64. The van der Waals surface area contributed by atoms with Crippen LogP contribution in [0.2, 0.25) is 0 Å². The summed E-state index contributed by atoms with van der Waals surface area (Å²) in [6.07, 6.45) is 0. The van der Waals surface area contributed by atoms with Crippen LogP contribution in [0.15, 0.2) is 9.64 Å². The molecule has 56 valence electrons. The van der Waals surface area contributed by atoms with E-state index in [1.807, 2.05) is 0 Å². The Labute approximate surface area is 63.0 Å². The molecule has 0 aromatic carbocycles. The molecule has 0 fully saturated rings. The van der Waals surface area contributed by atoms with Crippen LogP contribution < -0.4 is 0 Å².